The number of hydrogen-bond acceptors (Lipinski definition) is 4. The van der Waals surface area contributed by atoms with Crippen LogP contribution in [0.4, 0.5) is 10.2 Å². The van der Waals surface area contributed by atoms with Crippen LogP contribution in [0.1, 0.15) is 0 Å². The Morgan fingerprint density at radius 3 is 2.65 bits per heavy atom. The van der Waals surface area contributed by atoms with Gasteiger partial charge in [0, 0.05) is 0 Å². The van der Waals surface area contributed by atoms with E-state index in [9.17, 15) is 12.8 Å². The number of halogens is 2. The predicted molar refractivity (Wildman–Crippen MR) is 67.0 cm³/mol. The van der Waals surface area contributed by atoms with E-state index in [0.29, 0.717) is 3.79 Å². The lowest BCUT2D eigenvalue weighted by Gasteiger charge is -2.04. The largest absolute Gasteiger partial charge is 0.272 e. The molecular formula is C9H6BrFN2O2S2. The summed E-state index contributed by atoms with van der Waals surface area (Å²) in [7, 11) is -3.70. The number of hydrogen-bond donors (Lipinski definition) is 1. The fraction of sp³-hybridized carbons (Fsp3) is 0. The van der Waals surface area contributed by atoms with Gasteiger partial charge in [-0.1, -0.05) is 6.07 Å². The Morgan fingerprint density at radius 2 is 2.06 bits per heavy atom. The van der Waals surface area contributed by atoms with Crippen LogP contribution in [0.15, 0.2) is 38.3 Å². The normalized spacial score (nSPS) is 11.4. The molecule has 0 atom stereocenters. The second-order valence-electron chi connectivity index (χ2n) is 3.01. The monoisotopic (exact) mass is 336 g/mol. The molecule has 2 rings (SSSR count). The molecule has 4 nitrogen and oxygen atoms in total. The van der Waals surface area contributed by atoms with Crippen molar-refractivity contribution in [2.75, 3.05) is 4.72 Å². The van der Waals surface area contributed by atoms with Gasteiger partial charge in [0.2, 0.25) is 5.95 Å². The van der Waals surface area contributed by atoms with E-state index in [1.54, 1.807) is 6.07 Å². The van der Waals surface area contributed by atoms with Gasteiger partial charge in [-0.05, 0) is 40.2 Å². The second-order valence-corrected chi connectivity index (χ2v) is 7.38. The van der Waals surface area contributed by atoms with E-state index in [1.807, 2.05) is 0 Å². The van der Waals surface area contributed by atoms with E-state index in [1.165, 1.54) is 18.2 Å². The summed E-state index contributed by atoms with van der Waals surface area (Å²) in [5.74, 6) is -0.785. The van der Waals surface area contributed by atoms with Crippen LogP contribution < -0.4 is 4.72 Å². The zero-order valence-electron chi connectivity index (χ0n) is 8.22. The van der Waals surface area contributed by atoms with Gasteiger partial charge in [-0.3, -0.25) is 4.72 Å². The molecule has 0 aromatic carbocycles. The number of rotatable bonds is 3. The van der Waals surface area contributed by atoms with Crippen molar-refractivity contribution in [3.05, 3.63) is 40.1 Å². The Labute approximate surface area is 110 Å². The van der Waals surface area contributed by atoms with Crippen molar-refractivity contribution in [2.24, 2.45) is 0 Å². The molecule has 17 heavy (non-hydrogen) atoms. The summed E-state index contributed by atoms with van der Waals surface area (Å²) < 4.78 is 39.5. The minimum Gasteiger partial charge on any atom is -0.263 e. The Morgan fingerprint density at radius 1 is 1.29 bits per heavy atom. The van der Waals surface area contributed by atoms with Gasteiger partial charge in [-0.25, -0.2) is 13.4 Å². The molecular weight excluding hydrogens is 331 g/mol. The van der Waals surface area contributed by atoms with Crippen LogP contribution in [0.2, 0.25) is 0 Å². The predicted octanol–water partition coefficient (Wildman–Crippen LogP) is 2.85. The summed E-state index contributed by atoms with van der Waals surface area (Å²) in [6.07, 6.45) is 0. The standard InChI is InChI=1S/C9H6BrFN2O2S2/c10-6-4-5-9(16-6)17(14,15)13-8-3-1-2-7(11)12-8/h1-5H,(H,12,13). The third-order valence-corrected chi connectivity index (χ3v) is 5.24. The van der Waals surface area contributed by atoms with Crippen molar-refractivity contribution in [3.63, 3.8) is 0 Å². The molecule has 2 aromatic rings. The zero-order valence-corrected chi connectivity index (χ0v) is 11.4. The van der Waals surface area contributed by atoms with E-state index in [0.717, 1.165) is 17.4 Å². The molecule has 2 aromatic heterocycles. The van der Waals surface area contributed by atoms with Crippen LogP contribution in [0.3, 0.4) is 0 Å². The second kappa shape index (κ2) is 4.71. The van der Waals surface area contributed by atoms with E-state index < -0.39 is 16.0 Å². The first-order valence-corrected chi connectivity index (χ1v) is 7.47. The first kappa shape index (κ1) is 12.5. The quantitative estimate of drug-likeness (QED) is 0.876. The van der Waals surface area contributed by atoms with Gasteiger partial charge in [0.15, 0.2) is 0 Å². The van der Waals surface area contributed by atoms with Crippen LogP contribution in [-0.2, 0) is 10.0 Å². The van der Waals surface area contributed by atoms with E-state index >= 15 is 0 Å². The maximum atomic E-state index is 12.8. The lowest BCUT2D eigenvalue weighted by molar-refractivity contribution is 0.585. The lowest BCUT2D eigenvalue weighted by atomic mass is 10.5. The summed E-state index contributed by atoms with van der Waals surface area (Å²) in [4.78, 5) is 3.43. The van der Waals surface area contributed by atoms with Gasteiger partial charge in [-0.2, -0.15) is 4.39 Å². The molecule has 90 valence electrons. The number of anilines is 1. The summed E-state index contributed by atoms with van der Waals surface area (Å²) in [5.41, 5.74) is 0. The third kappa shape index (κ3) is 3.02. The van der Waals surface area contributed by atoms with Gasteiger partial charge in [-0.15, -0.1) is 11.3 Å². The van der Waals surface area contributed by atoms with Crippen LogP contribution in [0.25, 0.3) is 0 Å². The maximum absolute atomic E-state index is 12.8. The number of thiophene rings is 1. The van der Waals surface area contributed by atoms with E-state index in [2.05, 4.69) is 25.6 Å². The van der Waals surface area contributed by atoms with Crippen molar-refractivity contribution in [1.29, 1.82) is 0 Å². The SMILES string of the molecule is O=S(=O)(Nc1cccc(F)n1)c1ccc(Br)s1. The molecule has 0 bridgehead atoms. The smallest absolute Gasteiger partial charge is 0.263 e. The van der Waals surface area contributed by atoms with Crippen LogP contribution in [-0.4, -0.2) is 13.4 Å². The third-order valence-electron chi connectivity index (χ3n) is 1.77. The number of nitrogens with zero attached hydrogens (tertiary/aromatic N) is 1. The van der Waals surface area contributed by atoms with Crippen molar-refractivity contribution in [2.45, 2.75) is 4.21 Å². The van der Waals surface area contributed by atoms with Gasteiger partial charge < -0.3 is 0 Å². The van der Waals surface area contributed by atoms with Crippen molar-refractivity contribution in [1.82, 2.24) is 4.98 Å². The van der Waals surface area contributed by atoms with E-state index in [4.69, 9.17) is 0 Å². The molecule has 0 saturated carbocycles. The minimum atomic E-state index is -3.70. The highest BCUT2D eigenvalue weighted by Crippen LogP contribution is 2.27. The first-order valence-electron chi connectivity index (χ1n) is 4.38. The molecule has 2 heterocycles. The zero-order chi connectivity index (χ0) is 12.5. The number of sulfonamides is 1. The Balaban J connectivity index is 2.29. The Bertz CT molecular complexity index is 642. The van der Waals surface area contributed by atoms with Crippen molar-refractivity contribution < 1.29 is 12.8 Å². The van der Waals surface area contributed by atoms with Gasteiger partial charge in [0.1, 0.15) is 10.0 Å². The topological polar surface area (TPSA) is 59.1 Å². The first-order chi connectivity index (χ1) is 7.97. The summed E-state index contributed by atoms with van der Waals surface area (Å²) >= 11 is 4.24. The van der Waals surface area contributed by atoms with Crippen molar-refractivity contribution in [3.8, 4) is 0 Å². The summed E-state index contributed by atoms with van der Waals surface area (Å²) in [5, 5.41) is 0. The summed E-state index contributed by atoms with van der Waals surface area (Å²) in [6.45, 7) is 0. The van der Waals surface area contributed by atoms with Crippen molar-refractivity contribution >= 4 is 43.1 Å². The molecule has 0 aliphatic heterocycles. The lowest BCUT2D eigenvalue weighted by Crippen LogP contribution is -2.12. The maximum Gasteiger partial charge on any atom is 0.272 e. The number of pyridine rings is 1. The number of nitrogens with one attached hydrogen (secondary N) is 1. The Hall–Kier alpha value is -0.990. The molecule has 0 amide bonds. The fourth-order valence-electron chi connectivity index (χ4n) is 1.10. The number of aromatic nitrogens is 1. The minimum absolute atomic E-state index is 0.0467. The molecule has 0 spiro atoms. The highest BCUT2D eigenvalue weighted by atomic mass is 79.9. The van der Waals surface area contributed by atoms with Crippen LogP contribution in [0.5, 0.6) is 0 Å². The van der Waals surface area contributed by atoms with Gasteiger partial charge >= 0.3 is 0 Å². The molecule has 0 saturated heterocycles. The molecule has 0 aliphatic rings. The molecule has 8 heteroatoms. The van der Waals surface area contributed by atoms with Crippen LogP contribution >= 0.6 is 27.3 Å². The average molecular weight is 337 g/mol. The highest BCUT2D eigenvalue weighted by Gasteiger charge is 2.17. The van der Waals surface area contributed by atoms with Gasteiger partial charge in [0.05, 0.1) is 3.79 Å². The van der Waals surface area contributed by atoms with Crippen LogP contribution in [0, 0.1) is 5.95 Å². The molecule has 0 fully saturated rings. The molecule has 0 aliphatic carbocycles. The summed E-state index contributed by atoms with van der Waals surface area (Å²) in [6, 6.07) is 6.97. The highest BCUT2D eigenvalue weighted by molar-refractivity contribution is 9.11. The fourth-order valence-corrected chi connectivity index (χ4v) is 4.11. The van der Waals surface area contributed by atoms with E-state index in [-0.39, 0.29) is 10.0 Å². The molecule has 0 unspecified atom stereocenters. The average Bonchev–Trinajstić information content (AvgIpc) is 2.65. The molecule has 1 N–H and O–H groups in total. The Kier molecular flexibility index (Phi) is 3.45. The molecule has 0 radical (unpaired) electrons. The van der Waals surface area contributed by atoms with Gasteiger partial charge in [0.25, 0.3) is 10.0 Å².